The van der Waals surface area contributed by atoms with E-state index in [0.717, 1.165) is 23.5 Å². The Labute approximate surface area is 102 Å². The van der Waals surface area contributed by atoms with Gasteiger partial charge >= 0.3 is 0 Å². The lowest BCUT2D eigenvalue weighted by Gasteiger charge is -2.14. The average molecular weight is 238 g/mol. The summed E-state index contributed by atoms with van der Waals surface area (Å²) >= 11 is 5.01. The molecular weight excluding hydrogens is 220 g/mol. The Morgan fingerprint density at radius 1 is 1.50 bits per heavy atom. The molecule has 1 aromatic rings. The van der Waals surface area contributed by atoms with Crippen molar-refractivity contribution in [2.75, 3.05) is 19.0 Å². The van der Waals surface area contributed by atoms with E-state index in [2.05, 4.69) is 19.2 Å². The van der Waals surface area contributed by atoms with E-state index in [1.54, 1.807) is 7.11 Å². The smallest absolute Gasteiger partial charge is 0.120 e. The van der Waals surface area contributed by atoms with E-state index in [1.165, 1.54) is 0 Å². The van der Waals surface area contributed by atoms with Gasteiger partial charge in [-0.3, -0.25) is 0 Å². The monoisotopic (exact) mass is 238 g/mol. The topological polar surface area (TPSA) is 47.3 Å². The molecule has 1 aromatic carbocycles. The fraction of sp³-hybridized carbons (Fsp3) is 0.417. The van der Waals surface area contributed by atoms with Crippen LogP contribution < -0.4 is 15.8 Å². The van der Waals surface area contributed by atoms with Gasteiger partial charge in [-0.25, -0.2) is 0 Å². The van der Waals surface area contributed by atoms with Crippen molar-refractivity contribution in [1.82, 2.24) is 0 Å². The zero-order valence-corrected chi connectivity index (χ0v) is 10.7. The maximum atomic E-state index is 5.66. The largest absolute Gasteiger partial charge is 0.497 e. The normalized spacial score (nSPS) is 10.2. The minimum absolute atomic E-state index is 0.397. The highest BCUT2D eigenvalue weighted by Gasteiger charge is 2.07. The standard InChI is InChI=1S/C12H18N2OS/c1-8(2)7-14-11-6-9(15-3)4-5-10(11)12(13)16/h4-6,8,14H,7H2,1-3H3,(H2,13,16). The highest BCUT2D eigenvalue weighted by Crippen LogP contribution is 2.22. The molecule has 0 saturated heterocycles. The van der Waals surface area contributed by atoms with E-state index >= 15 is 0 Å². The number of nitrogens with two attached hydrogens (primary N) is 1. The van der Waals surface area contributed by atoms with Crippen LogP contribution >= 0.6 is 12.2 Å². The first kappa shape index (κ1) is 12.8. The van der Waals surface area contributed by atoms with Crippen molar-refractivity contribution in [2.45, 2.75) is 13.8 Å². The zero-order chi connectivity index (χ0) is 12.1. The molecule has 88 valence electrons. The summed E-state index contributed by atoms with van der Waals surface area (Å²) in [5.74, 6) is 1.36. The van der Waals surface area contributed by atoms with E-state index in [9.17, 15) is 0 Å². The highest BCUT2D eigenvalue weighted by molar-refractivity contribution is 7.80. The molecule has 0 atom stereocenters. The number of rotatable bonds is 5. The molecule has 0 aliphatic heterocycles. The second-order valence-electron chi connectivity index (χ2n) is 4.05. The Kier molecular flexibility index (Phi) is 4.55. The molecule has 0 bridgehead atoms. The van der Waals surface area contributed by atoms with Crippen LogP contribution in [0.5, 0.6) is 5.75 Å². The first-order chi connectivity index (χ1) is 7.54. The van der Waals surface area contributed by atoms with Crippen LogP contribution in [0.2, 0.25) is 0 Å². The number of benzene rings is 1. The highest BCUT2D eigenvalue weighted by atomic mass is 32.1. The van der Waals surface area contributed by atoms with E-state index in [0.29, 0.717) is 10.9 Å². The number of thiocarbonyl (C=S) groups is 1. The van der Waals surface area contributed by atoms with Crippen LogP contribution in [0.1, 0.15) is 19.4 Å². The summed E-state index contributed by atoms with van der Waals surface area (Å²) in [6.07, 6.45) is 0. The fourth-order valence-electron chi connectivity index (χ4n) is 1.33. The van der Waals surface area contributed by atoms with Crippen molar-refractivity contribution in [2.24, 2.45) is 11.7 Å². The molecule has 4 heteroatoms. The van der Waals surface area contributed by atoms with Crippen LogP contribution in [0, 0.1) is 5.92 Å². The van der Waals surface area contributed by atoms with Gasteiger partial charge in [-0.2, -0.15) is 0 Å². The molecule has 0 aromatic heterocycles. The van der Waals surface area contributed by atoms with Crippen molar-refractivity contribution >= 4 is 22.9 Å². The van der Waals surface area contributed by atoms with Gasteiger partial charge in [-0.05, 0) is 18.1 Å². The van der Waals surface area contributed by atoms with Crippen LogP contribution in [0.15, 0.2) is 18.2 Å². The molecule has 3 N–H and O–H groups in total. The van der Waals surface area contributed by atoms with E-state index in [4.69, 9.17) is 22.7 Å². The summed E-state index contributed by atoms with van der Waals surface area (Å²) in [6, 6.07) is 5.65. The van der Waals surface area contributed by atoms with Gasteiger partial charge in [-0.1, -0.05) is 26.1 Å². The van der Waals surface area contributed by atoms with Crippen LogP contribution in [0.4, 0.5) is 5.69 Å². The molecule has 0 aliphatic carbocycles. The zero-order valence-electron chi connectivity index (χ0n) is 9.91. The number of nitrogens with one attached hydrogen (secondary N) is 1. The molecular formula is C12H18N2OS. The van der Waals surface area contributed by atoms with Gasteiger partial charge < -0.3 is 15.8 Å². The quantitative estimate of drug-likeness (QED) is 0.773. The first-order valence-electron chi connectivity index (χ1n) is 5.26. The van der Waals surface area contributed by atoms with E-state index in [-0.39, 0.29) is 0 Å². The van der Waals surface area contributed by atoms with Gasteiger partial charge in [0, 0.05) is 23.9 Å². The van der Waals surface area contributed by atoms with Gasteiger partial charge in [0.25, 0.3) is 0 Å². The third kappa shape index (κ3) is 3.38. The molecule has 0 fully saturated rings. The van der Waals surface area contributed by atoms with E-state index < -0.39 is 0 Å². The van der Waals surface area contributed by atoms with Gasteiger partial charge in [0.05, 0.1) is 7.11 Å². The predicted octanol–water partition coefficient (Wildman–Crippen LogP) is 2.40. The van der Waals surface area contributed by atoms with Crippen LogP contribution in [-0.4, -0.2) is 18.6 Å². The molecule has 16 heavy (non-hydrogen) atoms. The molecule has 0 aliphatic rings. The SMILES string of the molecule is COc1ccc(C(N)=S)c(NCC(C)C)c1. The van der Waals surface area contributed by atoms with E-state index in [1.807, 2.05) is 18.2 Å². The van der Waals surface area contributed by atoms with Gasteiger partial charge in [0.1, 0.15) is 10.7 Å². The van der Waals surface area contributed by atoms with Crippen molar-refractivity contribution in [1.29, 1.82) is 0 Å². The van der Waals surface area contributed by atoms with Gasteiger partial charge in [-0.15, -0.1) is 0 Å². The predicted molar refractivity (Wildman–Crippen MR) is 72.2 cm³/mol. The minimum atomic E-state index is 0.397. The molecule has 0 unspecified atom stereocenters. The van der Waals surface area contributed by atoms with Crippen molar-refractivity contribution in [3.05, 3.63) is 23.8 Å². The summed E-state index contributed by atoms with van der Waals surface area (Å²) in [5.41, 5.74) is 7.45. The third-order valence-electron chi connectivity index (χ3n) is 2.19. The number of hydrogen-bond donors (Lipinski definition) is 2. The van der Waals surface area contributed by atoms with Crippen molar-refractivity contribution in [3.63, 3.8) is 0 Å². The molecule has 0 amide bonds. The third-order valence-corrected chi connectivity index (χ3v) is 2.41. The molecule has 0 radical (unpaired) electrons. The summed E-state index contributed by atoms with van der Waals surface area (Å²) in [6.45, 7) is 5.17. The Bertz CT molecular complexity index is 377. The number of ether oxygens (including phenoxy) is 1. The molecule has 1 rings (SSSR count). The lowest BCUT2D eigenvalue weighted by atomic mass is 10.1. The lowest BCUT2D eigenvalue weighted by molar-refractivity contribution is 0.415. The van der Waals surface area contributed by atoms with Gasteiger partial charge in [0.2, 0.25) is 0 Å². The molecule has 0 saturated carbocycles. The van der Waals surface area contributed by atoms with Crippen LogP contribution in [-0.2, 0) is 0 Å². The Morgan fingerprint density at radius 3 is 2.69 bits per heavy atom. The Hall–Kier alpha value is -1.29. The number of methoxy groups -OCH3 is 1. The Balaban J connectivity index is 2.96. The average Bonchev–Trinajstić information content (AvgIpc) is 2.25. The number of anilines is 1. The molecule has 0 heterocycles. The summed E-state index contributed by atoms with van der Waals surface area (Å²) in [4.78, 5) is 0.397. The summed E-state index contributed by atoms with van der Waals surface area (Å²) < 4.78 is 5.17. The van der Waals surface area contributed by atoms with Crippen LogP contribution in [0.25, 0.3) is 0 Å². The Morgan fingerprint density at radius 2 is 2.19 bits per heavy atom. The lowest BCUT2D eigenvalue weighted by Crippen LogP contribution is -2.15. The first-order valence-corrected chi connectivity index (χ1v) is 5.67. The maximum absolute atomic E-state index is 5.66. The van der Waals surface area contributed by atoms with Crippen molar-refractivity contribution in [3.8, 4) is 5.75 Å². The second-order valence-corrected chi connectivity index (χ2v) is 4.49. The second kappa shape index (κ2) is 5.70. The summed E-state index contributed by atoms with van der Waals surface area (Å²) in [7, 11) is 1.64. The fourth-order valence-corrected chi connectivity index (χ4v) is 1.50. The van der Waals surface area contributed by atoms with Crippen molar-refractivity contribution < 1.29 is 4.74 Å². The molecule has 0 spiro atoms. The minimum Gasteiger partial charge on any atom is -0.497 e. The molecule has 3 nitrogen and oxygen atoms in total. The van der Waals surface area contributed by atoms with Crippen LogP contribution in [0.3, 0.4) is 0 Å². The number of hydrogen-bond acceptors (Lipinski definition) is 3. The summed E-state index contributed by atoms with van der Waals surface area (Å²) in [5, 5.41) is 3.32. The van der Waals surface area contributed by atoms with Gasteiger partial charge in [0.15, 0.2) is 0 Å². The maximum Gasteiger partial charge on any atom is 0.120 e.